The predicted octanol–water partition coefficient (Wildman–Crippen LogP) is 2.05. The molecular formula is C21H22N2O5. The molecule has 2 aliphatic heterocycles. The van der Waals surface area contributed by atoms with Crippen molar-refractivity contribution in [3.05, 3.63) is 45.2 Å². The van der Waals surface area contributed by atoms with E-state index in [1.165, 1.54) is 6.07 Å². The highest BCUT2D eigenvalue weighted by atomic mass is 16.6. The van der Waals surface area contributed by atoms with Gasteiger partial charge in [0, 0.05) is 23.7 Å². The van der Waals surface area contributed by atoms with Crippen molar-refractivity contribution < 1.29 is 18.9 Å². The van der Waals surface area contributed by atoms with Gasteiger partial charge in [0.25, 0.3) is 5.56 Å². The van der Waals surface area contributed by atoms with Crippen molar-refractivity contribution in [2.75, 3.05) is 33.5 Å². The molecule has 28 heavy (non-hydrogen) atoms. The standard InChI is InChI=1S/C21H22N2O5/c1-13-18(28-12-16-11-26-5-6-27-16)9-20(24)23-4-3-14-8-19(25-2)15(10-22)7-17(14)21(13)23/h7-9,16H,3-6,11-12H2,1-2H3. The van der Waals surface area contributed by atoms with Crippen molar-refractivity contribution >= 4 is 0 Å². The van der Waals surface area contributed by atoms with Gasteiger partial charge in [0.1, 0.15) is 30.3 Å². The Balaban J connectivity index is 1.74. The van der Waals surface area contributed by atoms with Gasteiger partial charge < -0.3 is 23.5 Å². The summed E-state index contributed by atoms with van der Waals surface area (Å²) in [5.74, 6) is 1.09. The van der Waals surface area contributed by atoms with Crippen LogP contribution in [0.5, 0.6) is 11.5 Å². The largest absolute Gasteiger partial charge is 0.495 e. The van der Waals surface area contributed by atoms with Crippen LogP contribution in [0.15, 0.2) is 23.0 Å². The second-order valence-electron chi connectivity index (χ2n) is 6.92. The van der Waals surface area contributed by atoms with Gasteiger partial charge in [-0.25, -0.2) is 0 Å². The fraction of sp³-hybridized carbons (Fsp3) is 0.429. The molecule has 0 saturated carbocycles. The smallest absolute Gasteiger partial charge is 0.254 e. The fourth-order valence-corrected chi connectivity index (χ4v) is 3.80. The second kappa shape index (κ2) is 7.66. The Hall–Kier alpha value is -2.82. The van der Waals surface area contributed by atoms with Gasteiger partial charge in [-0.15, -0.1) is 0 Å². The minimum absolute atomic E-state index is 0.114. The first kappa shape index (κ1) is 18.5. The van der Waals surface area contributed by atoms with E-state index in [4.69, 9.17) is 18.9 Å². The monoisotopic (exact) mass is 382 g/mol. The number of ether oxygens (including phenoxy) is 4. The van der Waals surface area contributed by atoms with Gasteiger partial charge in [-0.3, -0.25) is 4.79 Å². The van der Waals surface area contributed by atoms with Crippen molar-refractivity contribution in [2.24, 2.45) is 0 Å². The summed E-state index contributed by atoms with van der Waals surface area (Å²) in [5.41, 5.74) is 3.92. The highest BCUT2D eigenvalue weighted by Crippen LogP contribution is 2.37. The average molecular weight is 382 g/mol. The summed E-state index contributed by atoms with van der Waals surface area (Å²) >= 11 is 0. The third-order valence-electron chi connectivity index (χ3n) is 5.23. The van der Waals surface area contributed by atoms with Gasteiger partial charge in [-0.05, 0) is 31.0 Å². The Kier molecular flexibility index (Phi) is 5.07. The molecule has 0 aliphatic carbocycles. The molecule has 0 bridgehead atoms. The maximum atomic E-state index is 12.7. The number of nitrogens with zero attached hydrogens (tertiary/aromatic N) is 2. The summed E-state index contributed by atoms with van der Waals surface area (Å²) in [6.45, 7) is 4.46. The van der Waals surface area contributed by atoms with Crippen LogP contribution in [0.1, 0.15) is 16.7 Å². The van der Waals surface area contributed by atoms with Crippen molar-refractivity contribution in [3.8, 4) is 28.8 Å². The molecule has 146 valence electrons. The summed E-state index contributed by atoms with van der Waals surface area (Å²) in [7, 11) is 1.55. The van der Waals surface area contributed by atoms with Gasteiger partial charge >= 0.3 is 0 Å². The first-order valence-corrected chi connectivity index (χ1v) is 9.30. The number of aryl methyl sites for hydroxylation is 1. The van der Waals surface area contributed by atoms with Gasteiger partial charge in [0.15, 0.2) is 0 Å². The number of rotatable bonds is 4. The van der Waals surface area contributed by atoms with Crippen LogP contribution in [0.3, 0.4) is 0 Å². The molecule has 7 heteroatoms. The molecule has 0 N–H and O–H groups in total. The van der Waals surface area contributed by atoms with Crippen molar-refractivity contribution in [1.29, 1.82) is 5.26 Å². The molecule has 0 spiro atoms. The fourth-order valence-electron chi connectivity index (χ4n) is 3.80. The van der Waals surface area contributed by atoms with Crippen LogP contribution >= 0.6 is 0 Å². The topological polar surface area (TPSA) is 82.7 Å². The number of benzene rings is 1. The third-order valence-corrected chi connectivity index (χ3v) is 5.23. The average Bonchev–Trinajstić information content (AvgIpc) is 2.74. The number of aromatic nitrogens is 1. The lowest BCUT2D eigenvalue weighted by molar-refractivity contribution is -0.101. The Labute approximate surface area is 163 Å². The second-order valence-corrected chi connectivity index (χ2v) is 6.92. The van der Waals surface area contributed by atoms with E-state index in [-0.39, 0.29) is 11.7 Å². The Morgan fingerprint density at radius 1 is 1.29 bits per heavy atom. The summed E-state index contributed by atoms with van der Waals surface area (Å²) in [5, 5.41) is 9.46. The van der Waals surface area contributed by atoms with E-state index in [2.05, 4.69) is 6.07 Å². The molecular weight excluding hydrogens is 360 g/mol. The van der Waals surface area contributed by atoms with Gasteiger partial charge in [-0.1, -0.05) is 0 Å². The number of fused-ring (bicyclic) bond motifs is 3. The molecule has 2 aliphatic rings. The van der Waals surface area contributed by atoms with Gasteiger partial charge in [-0.2, -0.15) is 5.26 Å². The number of nitriles is 1. The van der Waals surface area contributed by atoms with E-state index >= 15 is 0 Å². The van der Waals surface area contributed by atoms with E-state index in [1.807, 2.05) is 13.0 Å². The molecule has 1 unspecified atom stereocenters. The molecule has 7 nitrogen and oxygen atoms in total. The van der Waals surface area contributed by atoms with Crippen LogP contribution < -0.4 is 15.0 Å². The lowest BCUT2D eigenvalue weighted by Crippen LogP contribution is -2.34. The molecule has 1 aromatic carbocycles. The Bertz CT molecular complexity index is 999. The van der Waals surface area contributed by atoms with Crippen LogP contribution in [-0.2, 0) is 22.4 Å². The Morgan fingerprint density at radius 2 is 2.14 bits per heavy atom. The number of hydrogen-bond acceptors (Lipinski definition) is 6. The molecule has 4 rings (SSSR count). The quantitative estimate of drug-likeness (QED) is 0.805. The molecule has 2 aromatic rings. The molecule has 1 fully saturated rings. The van der Waals surface area contributed by atoms with Gasteiger partial charge in [0.2, 0.25) is 0 Å². The minimum Gasteiger partial charge on any atom is -0.495 e. The highest BCUT2D eigenvalue weighted by Gasteiger charge is 2.24. The predicted molar refractivity (Wildman–Crippen MR) is 102 cm³/mol. The number of methoxy groups -OCH3 is 1. The van der Waals surface area contributed by atoms with Crippen LogP contribution in [0, 0.1) is 18.3 Å². The van der Waals surface area contributed by atoms with Crippen LogP contribution in [0.2, 0.25) is 0 Å². The van der Waals surface area contributed by atoms with Crippen molar-refractivity contribution in [1.82, 2.24) is 4.57 Å². The summed E-state index contributed by atoms with van der Waals surface area (Å²) in [4.78, 5) is 12.7. The maximum Gasteiger partial charge on any atom is 0.254 e. The van der Waals surface area contributed by atoms with Crippen molar-refractivity contribution in [3.63, 3.8) is 0 Å². The molecule has 1 atom stereocenters. The minimum atomic E-state index is -0.145. The summed E-state index contributed by atoms with van der Waals surface area (Å²) < 4.78 is 24.0. The SMILES string of the molecule is COc1cc2c(cc1C#N)-c1c(C)c(OCC3COCCO3)cc(=O)n1CC2. The first-order valence-electron chi connectivity index (χ1n) is 9.30. The molecule has 3 heterocycles. The summed E-state index contributed by atoms with van der Waals surface area (Å²) in [6.07, 6.45) is 0.561. The van der Waals surface area contributed by atoms with E-state index in [9.17, 15) is 10.1 Å². The van der Waals surface area contributed by atoms with E-state index in [0.29, 0.717) is 56.5 Å². The number of pyridine rings is 1. The zero-order valence-corrected chi connectivity index (χ0v) is 16.0. The number of hydrogen-bond donors (Lipinski definition) is 0. The zero-order chi connectivity index (χ0) is 19.7. The highest BCUT2D eigenvalue weighted by molar-refractivity contribution is 5.74. The molecule has 1 saturated heterocycles. The maximum absolute atomic E-state index is 12.7. The molecule has 1 aromatic heterocycles. The normalized spacial score (nSPS) is 18.0. The van der Waals surface area contributed by atoms with Crippen molar-refractivity contribution in [2.45, 2.75) is 26.0 Å². The van der Waals surface area contributed by atoms with Crippen LogP contribution in [0.4, 0.5) is 0 Å². The summed E-state index contributed by atoms with van der Waals surface area (Å²) in [6, 6.07) is 7.39. The van der Waals surface area contributed by atoms with E-state index in [0.717, 1.165) is 22.4 Å². The van der Waals surface area contributed by atoms with Crippen LogP contribution in [-0.4, -0.2) is 44.2 Å². The first-order chi connectivity index (χ1) is 13.6. The third kappa shape index (κ3) is 3.26. The van der Waals surface area contributed by atoms with Crippen LogP contribution in [0.25, 0.3) is 11.3 Å². The molecule has 0 radical (unpaired) electrons. The van der Waals surface area contributed by atoms with Gasteiger partial charge in [0.05, 0.1) is 38.2 Å². The zero-order valence-electron chi connectivity index (χ0n) is 16.0. The lowest BCUT2D eigenvalue weighted by atomic mass is 9.92. The lowest BCUT2D eigenvalue weighted by Gasteiger charge is -2.27. The van der Waals surface area contributed by atoms with E-state index < -0.39 is 0 Å². The Morgan fingerprint density at radius 3 is 2.86 bits per heavy atom. The van der Waals surface area contributed by atoms with E-state index in [1.54, 1.807) is 17.7 Å². The molecule has 0 amide bonds.